The molecule has 1 rings (SSSR count). The van der Waals surface area contributed by atoms with E-state index in [0.29, 0.717) is 6.04 Å². The highest BCUT2D eigenvalue weighted by Gasteiger charge is 2.04. The minimum atomic E-state index is 0.567. The predicted molar refractivity (Wildman–Crippen MR) is 71.8 cm³/mol. The first-order valence-corrected chi connectivity index (χ1v) is 6.73. The Balaban J connectivity index is 2.23. The lowest BCUT2D eigenvalue weighted by atomic mass is 10.1. The van der Waals surface area contributed by atoms with Crippen LogP contribution in [0.25, 0.3) is 0 Å². The standard InChI is InChI=1S/C13H22N2S/c1-10(2)6-5-7-11(3)14-8-13-12(4)15-9-16-13/h6,9,11,14H,5,7-8H2,1-4H3. The van der Waals surface area contributed by atoms with Gasteiger partial charge in [-0.05, 0) is 40.5 Å². The summed E-state index contributed by atoms with van der Waals surface area (Å²) in [5.41, 5.74) is 4.49. The summed E-state index contributed by atoms with van der Waals surface area (Å²) in [5.74, 6) is 0. The molecule has 1 aromatic rings. The van der Waals surface area contributed by atoms with E-state index in [1.165, 1.54) is 16.9 Å². The zero-order valence-electron chi connectivity index (χ0n) is 10.7. The van der Waals surface area contributed by atoms with Crippen LogP contribution in [0.5, 0.6) is 0 Å². The van der Waals surface area contributed by atoms with Gasteiger partial charge in [0, 0.05) is 17.5 Å². The predicted octanol–water partition coefficient (Wildman–Crippen LogP) is 3.68. The Labute approximate surface area is 103 Å². The van der Waals surface area contributed by atoms with E-state index in [1.807, 2.05) is 5.51 Å². The molecule has 0 saturated carbocycles. The van der Waals surface area contributed by atoms with E-state index in [2.05, 4.69) is 44.1 Å². The first kappa shape index (κ1) is 13.4. The van der Waals surface area contributed by atoms with Crippen molar-refractivity contribution in [3.05, 3.63) is 27.7 Å². The topological polar surface area (TPSA) is 24.9 Å². The number of hydrogen-bond acceptors (Lipinski definition) is 3. The van der Waals surface area contributed by atoms with Gasteiger partial charge in [0.1, 0.15) is 0 Å². The van der Waals surface area contributed by atoms with E-state index in [-0.39, 0.29) is 0 Å². The monoisotopic (exact) mass is 238 g/mol. The van der Waals surface area contributed by atoms with E-state index in [4.69, 9.17) is 0 Å². The number of rotatable bonds is 6. The number of hydrogen-bond donors (Lipinski definition) is 1. The Morgan fingerprint density at radius 3 is 2.88 bits per heavy atom. The molecule has 0 saturated heterocycles. The van der Waals surface area contributed by atoms with Crippen LogP contribution in [0.2, 0.25) is 0 Å². The maximum Gasteiger partial charge on any atom is 0.0798 e. The van der Waals surface area contributed by atoms with Crippen molar-refractivity contribution in [1.82, 2.24) is 10.3 Å². The molecule has 1 unspecified atom stereocenters. The fourth-order valence-corrected chi connectivity index (χ4v) is 2.21. The van der Waals surface area contributed by atoms with E-state index in [0.717, 1.165) is 18.7 Å². The molecule has 1 aromatic heterocycles. The van der Waals surface area contributed by atoms with Crippen molar-refractivity contribution in [3.8, 4) is 0 Å². The molecule has 1 N–H and O–H groups in total. The zero-order chi connectivity index (χ0) is 12.0. The average molecular weight is 238 g/mol. The Kier molecular flexibility index (Phi) is 5.71. The van der Waals surface area contributed by atoms with Crippen molar-refractivity contribution in [2.75, 3.05) is 0 Å². The smallest absolute Gasteiger partial charge is 0.0798 e. The maximum absolute atomic E-state index is 4.25. The average Bonchev–Trinajstić information content (AvgIpc) is 2.60. The summed E-state index contributed by atoms with van der Waals surface area (Å²) < 4.78 is 0. The molecule has 0 fully saturated rings. The van der Waals surface area contributed by atoms with Gasteiger partial charge in [-0.1, -0.05) is 11.6 Å². The molecule has 0 aliphatic heterocycles. The summed E-state index contributed by atoms with van der Waals surface area (Å²) in [5, 5.41) is 3.54. The van der Waals surface area contributed by atoms with Crippen LogP contribution >= 0.6 is 11.3 Å². The minimum Gasteiger partial charge on any atom is -0.309 e. The molecule has 2 nitrogen and oxygen atoms in total. The van der Waals surface area contributed by atoms with Crippen molar-refractivity contribution >= 4 is 11.3 Å². The molecule has 0 aliphatic carbocycles. The number of aryl methyl sites for hydroxylation is 1. The molecule has 16 heavy (non-hydrogen) atoms. The molecule has 0 aliphatic rings. The van der Waals surface area contributed by atoms with Gasteiger partial charge in [0.2, 0.25) is 0 Å². The minimum absolute atomic E-state index is 0.567. The Morgan fingerprint density at radius 2 is 2.31 bits per heavy atom. The first-order chi connectivity index (χ1) is 7.59. The van der Waals surface area contributed by atoms with E-state index in [1.54, 1.807) is 11.3 Å². The van der Waals surface area contributed by atoms with Crippen LogP contribution < -0.4 is 5.32 Å². The number of aromatic nitrogens is 1. The Morgan fingerprint density at radius 1 is 1.56 bits per heavy atom. The van der Waals surface area contributed by atoms with Gasteiger partial charge in [-0.3, -0.25) is 0 Å². The van der Waals surface area contributed by atoms with Crippen molar-refractivity contribution < 1.29 is 0 Å². The molecule has 0 bridgehead atoms. The zero-order valence-corrected chi connectivity index (χ0v) is 11.5. The molecule has 0 radical (unpaired) electrons. The molecule has 3 heteroatoms. The summed E-state index contributed by atoms with van der Waals surface area (Å²) in [6.07, 6.45) is 4.66. The molecule has 0 aromatic carbocycles. The SMILES string of the molecule is CC(C)=CCCC(C)NCc1scnc1C. The van der Waals surface area contributed by atoms with Gasteiger partial charge >= 0.3 is 0 Å². The fourth-order valence-electron chi connectivity index (χ4n) is 1.49. The summed E-state index contributed by atoms with van der Waals surface area (Å²) in [6.45, 7) is 9.57. The fraction of sp³-hybridized carbons (Fsp3) is 0.615. The normalized spacial score (nSPS) is 12.5. The van der Waals surface area contributed by atoms with Crippen molar-refractivity contribution in [3.63, 3.8) is 0 Å². The van der Waals surface area contributed by atoms with Gasteiger partial charge in [-0.15, -0.1) is 11.3 Å². The van der Waals surface area contributed by atoms with Gasteiger partial charge in [0.05, 0.1) is 11.2 Å². The summed E-state index contributed by atoms with van der Waals surface area (Å²) in [4.78, 5) is 5.60. The number of nitrogens with one attached hydrogen (secondary N) is 1. The second kappa shape index (κ2) is 6.81. The summed E-state index contributed by atoms with van der Waals surface area (Å²) in [6, 6.07) is 0.567. The lowest BCUT2D eigenvalue weighted by Gasteiger charge is -2.12. The van der Waals surface area contributed by atoms with Crippen molar-refractivity contribution in [2.45, 2.75) is 53.1 Å². The quantitative estimate of drug-likeness (QED) is 0.765. The second-order valence-electron chi connectivity index (χ2n) is 4.50. The Bertz CT molecular complexity index is 337. The first-order valence-electron chi connectivity index (χ1n) is 5.85. The third-order valence-corrected chi connectivity index (χ3v) is 3.54. The number of nitrogens with zero attached hydrogens (tertiary/aromatic N) is 1. The second-order valence-corrected chi connectivity index (χ2v) is 5.44. The molecule has 1 heterocycles. The van der Waals surface area contributed by atoms with Crippen LogP contribution in [0.15, 0.2) is 17.2 Å². The van der Waals surface area contributed by atoms with Gasteiger partial charge in [-0.2, -0.15) is 0 Å². The van der Waals surface area contributed by atoms with Crippen LogP contribution in [-0.2, 0) is 6.54 Å². The van der Waals surface area contributed by atoms with Crippen LogP contribution in [0.4, 0.5) is 0 Å². The van der Waals surface area contributed by atoms with Crippen molar-refractivity contribution in [1.29, 1.82) is 0 Å². The van der Waals surface area contributed by atoms with Gasteiger partial charge in [-0.25, -0.2) is 4.98 Å². The highest BCUT2D eigenvalue weighted by Crippen LogP contribution is 2.12. The van der Waals surface area contributed by atoms with Crippen LogP contribution in [0.3, 0.4) is 0 Å². The summed E-state index contributed by atoms with van der Waals surface area (Å²) >= 11 is 1.73. The Hall–Kier alpha value is -0.670. The molecule has 1 atom stereocenters. The van der Waals surface area contributed by atoms with E-state index >= 15 is 0 Å². The maximum atomic E-state index is 4.25. The third-order valence-electron chi connectivity index (χ3n) is 2.61. The van der Waals surface area contributed by atoms with E-state index in [9.17, 15) is 0 Å². The molecular weight excluding hydrogens is 216 g/mol. The number of thiazole rings is 1. The van der Waals surface area contributed by atoms with Crippen LogP contribution in [0.1, 0.15) is 44.2 Å². The molecule has 0 spiro atoms. The highest BCUT2D eigenvalue weighted by atomic mass is 32.1. The highest BCUT2D eigenvalue weighted by molar-refractivity contribution is 7.09. The molecule has 0 amide bonds. The van der Waals surface area contributed by atoms with Gasteiger partial charge in [0.25, 0.3) is 0 Å². The van der Waals surface area contributed by atoms with Gasteiger partial charge in [0.15, 0.2) is 0 Å². The lowest BCUT2D eigenvalue weighted by molar-refractivity contribution is 0.519. The van der Waals surface area contributed by atoms with Gasteiger partial charge < -0.3 is 5.32 Å². The van der Waals surface area contributed by atoms with Crippen LogP contribution in [-0.4, -0.2) is 11.0 Å². The van der Waals surface area contributed by atoms with Crippen molar-refractivity contribution in [2.24, 2.45) is 0 Å². The number of allylic oxidation sites excluding steroid dienone is 2. The van der Waals surface area contributed by atoms with Crippen LogP contribution in [0, 0.1) is 6.92 Å². The molecule has 90 valence electrons. The molecular formula is C13H22N2S. The lowest BCUT2D eigenvalue weighted by Crippen LogP contribution is -2.25. The largest absolute Gasteiger partial charge is 0.309 e. The van der Waals surface area contributed by atoms with E-state index < -0.39 is 0 Å². The third kappa shape index (κ3) is 4.90. The summed E-state index contributed by atoms with van der Waals surface area (Å²) in [7, 11) is 0.